The summed E-state index contributed by atoms with van der Waals surface area (Å²) in [4.78, 5) is 10.0. The highest BCUT2D eigenvalue weighted by Gasteiger charge is 2.14. The Labute approximate surface area is 72.8 Å². The molecule has 0 radical (unpaired) electrons. The first-order chi connectivity index (χ1) is 4.81. The molecule has 0 fully saturated rings. The smallest absolute Gasteiger partial charge is 0.108 e. The monoisotopic (exact) mass is 178 g/mol. The van der Waals surface area contributed by atoms with Crippen LogP contribution in [0.2, 0.25) is 0 Å². The van der Waals surface area contributed by atoms with Crippen LogP contribution >= 0.6 is 0 Å². The number of aliphatic hydroxyl groups is 1. The molecule has 0 saturated carbocycles. The lowest BCUT2D eigenvalue weighted by atomic mass is 10.2. The molecule has 0 aromatic rings. The van der Waals surface area contributed by atoms with Crippen LogP contribution in [0.1, 0.15) is 6.42 Å². The first kappa shape index (κ1) is 13.9. The first-order valence-electron chi connectivity index (χ1n) is 3.49. The zero-order valence-electron chi connectivity index (χ0n) is 7.91. The Balaban J connectivity index is 0. The summed E-state index contributed by atoms with van der Waals surface area (Å²) in [5, 5.41) is 19.1. The molecule has 0 saturated heterocycles. The van der Waals surface area contributed by atoms with Crippen LogP contribution < -0.4 is 11.3 Å². The summed E-state index contributed by atoms with van der Waals surface area (Å²) in [7, 11) is 5.66. The van der Waals surface area contributed by atoms with Crippen molar-refractivity contribution < 1.29 is 19.5 Å². The van der Waals surface area contributed by atoms with E-state index in [1.165, 1.54) is 0 Å². The molecule has 0 rings (SSSR count). The molecule has 0 aromatic heterocycles. The SMILES string of the molecule is C[N+](C)(C)C[C@H](O)CC(=O)[O-].N. The summed E-state index contributed by atoms with van der Waals surface area (Å²) in [6.07, 6.45) is -1.09. The Morgan fingerprint density at radius 1 is 1.50 bits per heavy atom. The minimum Gasteiger partial charge on any atom is -0.550 e. The van der Waals surface area contributed by atoms with Crippen LogP contribution in [-0.2, 0) is 4.79 Å². The van der Waals surface area contributed by atoms with Crippen molar-refractivity contribution >= 4 is 5.97 Å². The number of carboxylic acid groups (broad SMARTS) is 1. The summed E-state index contributed by atoms with van der Waals surface area (Å²) in [5.41, 5.74) is 0. The molecule has 12 heavy (non-hydrogen) atoms. The summed E-state index contributed by atoms with van der Waals surface area (Å²) in [6.45, 7) is 0.425. The molecule has 0 heterocycles. The van der Waals surface area contributed by atoms with Crippen molar-refractivity contribution in [2.24, 2.45) is 0 Å². The quantitative estimate of drug-likeness (QED) is 0.504. The van der Waals surface area contributed by atoms with Crippen LogP contribution in [0.4, 0.5) is 0 Å². The van der Waals surface area contributed by atoms with E-state index in [1.54, 1.807) is 0 Å². The van der Waals surface area contributed by atoms with Gasteiger partial charge in [0.1, 0.15) is 12.6 Å². The number of carboxylic acids is 1. The maximum atomic E-state index is 10.0. The lowest BCUT2D eigenvalue weighted by Gasteiger charge is -2.26. The highest BCUT2D eigenvalue weighted by Crippen LogP contribution is 1.97. The average Bonchev–Trinajstić information content (AvgIpc) is 1.53. The van der Waals surface area contributed by atoms with E-state index in [2.05, 4.69) is 0 Å². The van der Waals surface area contributed by atoms with Crippen molar-refractivity contribution in [3.05, 3.63) is 0 Å². The fraction of sp³-hybridized carbons (Fsp3) is 0.857. The second kappa shape index (κ2) is 5.08. The molecular weight excluding hydrogens is 160 g/mol. The van der Waals surface area contributed by atoms with Gasteiger partial charge >= 0.3 is 0 Å². The Kier molecular flexibility index (Phi) is 5.88. The molecule has 0 spiro atoms. The predicted molar refractivity (Wildman–Crippen MR) is 43.6 cm³/mol. The van der Waals surface area contributed by atoms with Crippen LogP contribution in [0.15, 0.2) is 0 Å². The number of quaternary nitrogens is 1. The van der Waals surface area contributed by atoms with Crippen LogP contribution in [0, 0.1) is 0 Å². The fourth-order valence-electron chi connectivity index (χ4n) is 0.889. The van der Waals surface area contributed by atoms with Crippen molar-refractivity contribution in [2.45, 2.75) is 12.5 Å². The second-order valence-corrected chi connectivity index (χ2v) is 3.70. The lowest BCUT2D eigenvalue weighted by molar-refractivity contribution is -0.873. The number of likely N-dealkylation sites (N-methyl/N-ethyl adjacent to an activating group) is 1. The van der Waals surface area contributed by atoms with E-state index in [9.17, 15) is 9.90 Å². The summed E-state index contributed by atoms with van der Waals surface area (Å²) < 4.78 is 0.550. The Hall–Kier alpha value is -0.650. The lowest BCUT2D eigenvalue weighted by Crippen LogP contribution is -2.43. The van der Waals surface area contributed by atoms with E-state index in [4.69, 9.17) is 5.11 Å². The summed E-state index contributed by atoms with van der Waals surface area (Å²) in [6, 6.07) is 0. The molecule has 74 valence electrons. The van der Waals surface area contributed by atoms with Crippen molar-refractivity contribution in [2.75, 3.05) is 27.7 Å². The van der Waals surface area contributed by atoms with Gasteiger partial charge in [0.25, 0.3) is 0 Å². The average molecular weight is 178 g/mol. The Morgan fingerprint density at radius 3 is 2.17 bits per heavy atom. The van der Waals surface area contributed by atoms with Gasteiger partial charge in [-0.3, -0.25) is 0 Å². The van der Waals surface area contributed by atoms with Gasteiger partial charge in [-0.15, -0.1) is 0 Å². The third-order valence-corrected chi connectivity index (χ3v) is 1.16. The van der Waals surface area contributed by atoms with Gasteiger partial charge in [0.05, 0.1) is 21.1 Å². The van der Waals surface area contributed by atoms with Crippen LogP contribution in [0.3, 0.4) is 0 Å². The van der Waals surface area contributed by atoms with E-state index < -0.39 is 12.1 Å². The third-order valence-electron chi connectivity index (χ3n) is 1.16. The summed E-state index contributed by atoms with van der Waals surface area (Å²) >= 11 is 0. The van der Waals surface area contributed by atoms with Gasteiger partial charge in [-0.2, -0.15) is 0 Å². The van der Waals surface area contributed by atoms with Crippen molar-refractivity contribution in [1.29, 1.82) is 0 Å². The largest absolute Gasteiger partial charge is 0.550 e. The number of carbonyl (C=O) groups excluding carboxylic acids is 1. The van der Waals surface area contributed by atoms with Gasteiger partial charge in [-0.25, -0.2) is 0 Å². The predicted octanol–water partition coefficient (Wildman–Crippen LogP) is -1.64. The van der Waals surface area contributed by atoms with E-state index >= 15 is 0 Å². The zero-order valence-corrected chi connectivity index (χ0v) is 7.91. The van der Waals surface area contributed by atoms with E-state index in [0.29, 0.717) is 11.0 Å². The van der Waals surface area contributed by atoms with Crippen molar-refractivity contribution in [3.8, 4) is 0 Å². The minimum atomic E-state index is -1.20. The molecule has 0 amide bonds. The highest BCUT2D eigenvalue weighted by molar-refractivity contribution is 5.64. The Bertz CT molecular complexity index is 142. The van der Waals surface area contributed by atoms with Gasteiger partial charge in [0.15, 0.2) is 0 Å². The molecule has 5 heteroatoms. The molecule has 1 atom stereocenters. The van der Waals surface area contributed by atoms with Crippen molar-refractivity contribution in [1.82, 2.24) is 6.15 Å². The number of hydrogen-bond donors (Lipinski definition) is 2. The molecule has 5 nitrogen and oxygen atoms in total. The minimum absolute atomic E-state index is 0. The van der Waals surface area contributed by atoms with Crippen molar-refractivity contribution in [3.63, 3.8) is 0 Å². The van der Waals surface area contributed by atoms with Crippen LogP contribution in [0.25, 0.3) is 0 Å². The standard InChI is InChI=1S/C7H15NO3.H3N/c1-8(2,3)5-6(9)4-7(10)11;/h6,9H,4-5H2,1-3H3;1H3/t6-;/m1./s1. The van der Waals surface area contributed by atoms with Crippen LogP contribution in [-0.4, -0.2) is 49.4 Å². The van der Waals surface area contributed by atoms with Gasteiger partial charge in [-0.1, -0.05) is 0 Å². The zero-order chi connectivity index (χ0) is 9.07. The van der Waals surface area contributed by atoms with Gasteiger partial charge in [0, 0.05) is 12.4 Å². The molecule has 0 aliphatic carbocycles. The topological polar surface area (TPSA) is 95.4 Å². The molecule has 0 aliphatic rings. The second-order valence-electron chi connectivity index (χ2n) is 3.70. The van der Waals surface area contributed by atoms with Crippen LogP contribution in [0.5, 0.6) is 0 Å². The van der Waals surface area contributed by atoms with E-state index in [0.717, 1.165) is 0 Å². The molecule has 0 unspecified atom stereocenters. The number of aliphatic carboxylic acids is 1. The van der Waals surface area contributed by atoms with E-state index in [-0.39, 0.29) is 12.6 Å². The number of carbonyl (C=O) groups is 1. The highest BCUT2D eigenvalue weighted by atomic mass is 16.4. The number of aliphatic hydroxyl groups excluding tert-OH is 1. The van der Waals surface area contributed by atoms with Gasteiger partial charge < -0.3 is 25.6 Å². The van der Waals surface area contributed by atoms with Gasteiger partial charge in [0.2, 0.25) is 0 Å². The third kappa shape index (κ3) is 9.35. The summed E-state index contributed by atoms with van der Waals surface area (Å²) in [5.74, 6) is -1.20. The number of rotatable bonds is 4. The maximum absolute atomic E-state index is 10.0. The molecule has 0 aromatic carbocycles. The number of hydrogen-bond acceptors (Lipinski definition) is 4. The maximum Gasteiger partial charge on any atom is 0.108 e. The molecule has 0 bridgehead atoms. The fourth-order valence-corrected chi connectivity index (χ4v) is 0.889. The molecule has 4 N–H and O–H groups in total. The van der Waals surface area contributed by atoms with E-state index in [1.807, 2.05) is 21.1 Å². The number of nitrogens with zero attached hydrogens (tertiary/aromatic N) is 1. The first-order valence-corrected chi connectivity index (χ1v) is 3.49. The normalized spacial score (nSPS) is 13.3. The molecule has 0 aliphatic heterocycles. The Morgan fingerprint density at radius 2 is 1.92 bits per heavy atom. The van der Waals surface area contributed by atoms with Gasteiger partial charge in [-0.05, 0) is 0 Å². The molecular formula is C7H18N2O3.